The third kappa shape index (κ3) is 1.02. The maximum Gasteiger partial charge on any atom is 0.271 e. The molecule has 0 bridgehead atoms. The summed E-state index contributed by atoms with van der Waals surface area (Å²) in [6.45, 7) is 0. The van der Waals surface area contributed by atoms with Crippen LogP contribution in [0.5, 0.6) is 0 Å². The molecule has 0 atom stereocenters. The van der Waals surface area contributed by atoms with E-state index < -0.39 is 11.7 Å². The van der Waals surface area contributed by atoms with Gasteiger partial charge in [-0.2, -0.15) is 0 Å². The zero-order valence-electron chi connectivity index (χ0n) is 5.84. The minimum Gasteiger partial charge on any atom is -0.267 e. The number of fused-ring (bicyclic) bond motifs is 1. The van der Waals surface area contributed by atoms with Crippen molar-refractivity contribution in [2.75, 3.05) is 0 Å². The molecule has 1 amide bonds. The van der Waals surface area contributed by atoms with Gasteiger partial charge in [-0.3, -0.25) is 4.79 Å². The van der Waals surface area contributed by atoms with E-state index in [0.717, 1.165) is 12.1 Å². The number of benzene rings is 1. The predicted octanol–water partition coefficient (Wildman–Crippen LogP) is 0.419. The SMILES string of the molecule is O=C1C=c2c(F)cc(Cl)cc2=N1. The third-order valence-corrected chi connectivity index (χ3v) is 1.79. The van der Waals surface area contributed by atoms with Crippen molar-refractivity contribution in [2.45, 2.75) is 0 Å². The van der Waals surface area contributed by atoms with E-state index in [4.69, 9.17) is 11.6 Å². The summed E-state index contributed by atoms with van der Waals surface area (Å²) < 4.78 is 13.0. The summed E-state index contributed by atoms with van der Waals surface area (Å²) in [5.41, 5.74) is 0. The summed E-state index contributed by atoms with van der Waals surface area (Å²) in [5, 5.41) is 0.785. The van der Waals surface area contributed by atoms with E-state index in [2.05, 4.69) is 4.99 Å². The number of carbonyl (C=O) groups is 1. The van der Waals surface area contributed by atoms with Gasteiger partial charge < -0.3 is 0 Å². The van der Waals surface area contributed by atoms with Crippen LogP contribution in [0.3, 0.4) is 0 Å². The minimum atomic E-state index is -0.507. The second-order valence-electron chi connectivity index (χ2n) is 2.41. The molecule has 60 valence electrons. The van der Waals surface area contributed by atoms with Crippen molar-refractivity contribution >= 4 is 23.6 Å². The number of hydrogen-bond acceptors (Lipinski definition) is 1. The first-order valence-electron chi connectivity index (χ1n) is 3.26. The second-order valence-corrected chi connectivity index (χ2v) is 2.85. The van der Waals surface area contributed by atoms with Crippen LogP contribution in [0.25, 0.3) is 6.08 Å². The number of halogens is 2. The van der Waals surface area contributed by atoms with Crippen molar-refractivity contribution in [3.05, 3.63) is 33.5 Å². The van der Waals surface area contributed by atoms with Crippen LogP contribution < -0.4 is 10.6 Å². The number of hydrogen-bond donors (Lipinski definition) is 0. The lowest BCUT2D eigenvalue weighted by Crippen LogP contribution is -2.24. The topological polar surface area (TPSA) is 29.4 Å². The van der Waals surface area contributed by atoms with Gasteiger partial charge in [0.1, 0.15) is 5.82 Å². The fraction of sp³-hybridized carbons (Fsp3) is 0. The Balaban J connectivity index is 2.95. The normalized spacial score (nSPS) is 13.7. The molecule has 0 saturated heterocycles. The summed E-state index contributed by atoms with van der Waals surface area (Å²) in [6.07, 6.45) is 1.15. The van der Waals surface area contributed by atoms with Gasteiger partial charge in [-0.1, -0.05) is 11.6 Å². The summed E-state index contributed by atoms with van der Waals surface area (Å²) in [4.78, 5) is 14.3. The van der Waals surface area contributed by atoms with E-state index in [1.165, 1.54) is 6.07 Å². The highest BCUT2D eigenvalue weighted by molar-refractivity contribution is 6.30. The van der Waals surface area contributed by atoms with Crippen molar-refractivity contribution in [3.8, 4) is 0 Å². The summed E-state index contributed by atoms with van der Waals surface area (Å²) in [7, 11) is 0. The molecule has 0 unspecified atom stereocenters. The average Bonchev–Trinajstić information content (AvgIpc) is 2.29. The molecular weight excluding hydrogens is 181 g/mol. The number of carbonyl (C=O) groups excluding carboxylic acids is 1. The van der Waals surface area contributed by atoms with Crippen molar-refractivity contribution in [1.82, 2.24) is 0 Å². The highest BCUT2D eigenvalue weighted by Gasteiger charge is 2.07. The smallest absolute Gasteiger partial charge is 0.267 e. The molecule has 0 saturated carbocycles. The molecule has 1 aromatic carbocycles. The Hall–Kier alpha value is -1.22. The van der Waals surface area contributed by atoms with Crippen molar-refractivity contribution in [3.63, 3.8) is 0 Å². The number of nitrogens with zero attached hydrogens (tertiary/aromatic N) is 1. The van der Waals surface area contributed by atoms with E-state index in [-0.39, 0.29) is 10.2 Å². The number of rotatable bonds is 0. The molecule has 12 heavy (non-hydrogen) atoms. The Morgan fingerprint density at radius 1 is 1.42 bits per heavy atom. The van der Waals surface area contributed by atoms with E-state index in [0.29, 0.717) is 5.36 Å². The highest BCUT2D eigenvalue weighted by atomic mass is 35.5. The second kappa shape index (κ2) is 2.38. The number of amides is 1. The van der Waals surface area contributed by atoms with Crippen molar-refractivity contribution in [2.24, 2.45) is 4.99 Å². The van der Waals surface area contributed by atoms with E-state index in [9.17, 15) is 9.18 Å². The van der Waals surface area contributed by atoms with Crippen LogP contribution >= 0.6 is 11.6 Å². The van der Waals surface area contributed by atoms with E-state index in [1.54, 1.807) is 0 Å². The minimum absolute atomic E-state index is 0.226. The average molecular weight is 184 g/mol. The lowest BCUT2D eigenvalue weighted by Gasteiger charge is -1.89. The summed E-state index contributed by atoms with van der Waals surface area (Å²) in [6, 6.07) is 2.62. The Kier molecular flexibility index (Phi) is 1.48. The first-order chi connectivity index (χ1) is 5.66. The molecule has 0 spiro atoms. The quantitative estimate of drug-likeness (QED) is 0.573. The van der Waals surface area contributed by atoms with Gasteiger partial charge in [-0.15, -0.1) is 0 Å². The van der Waals surface area contributed by atoms with Crippen LogP contribution in [-0.4, -0.2) is 5.91 Å². The molecule has 0 aliphatic carbocycles. The van der Waals surface area contributed by atoms with Gasteiger partial charge in [-0.05, 0) is 12.1 Å². The molecule has 4 heteroatoms. The Bertz CT molecular complexity index is 481. The van der Waals surface area contributed by atoms with Gasteiger partial charge >= 0.3 is 0 Å². The zero-order valence-corrected chi connectivity index (χ0v) is 6.60. The molecule has 1 aliphatic heterocycles. The molecule has 1 aliphatic rings. The zero-order chi connectivity index (χ0) is 8.72. The molecule has 1 aromatic rings. The molecule has 0 radical (unpaired) electrons. The van der Waals surface area contributed by atoms with Gasteiger partial charge in [0.05, 0.1) is 5.36 Å². The van der Waals surface area contributed by atoms with E-state index >= 15 is 0 Å². The Morgan fingerprint density at radius 2 is 2.17 bits per heavy atom. The molecular formula is C8H3ClFNO. The van der Waals surface area contributed by atoms with Crippen LogP contribution in [0.4, 0.5) is 4.39 Å². The van der Waals surface area contributed by atoms with Crippen LogP contribution in [0.2, 0.25) is 5.02 Å². The monoisotopic (exact) mass is 183 g/mol. The van der Waals surface area contributed by atoms with Crippen molar-refractivity contribution in [1.29, 1.82) is 0 Å². The first kappa shape index (κ1) is 7.43. The van der Waals surface area contributed by atoms with Crippen LogP contribution in [0.1, 0.15) is 0 Å². The lowest BCUT2D eigenvalue weighted by atomic mass is 10.3. The van der Waals surface area contributed by atoms with Crippen LogP contribution in [-0.2, 0) is 4.79 Å². The lowest BCUT2D eigenvalue weighted by molar-refractivity contribution is -0.112. The molecule has 0 fully saturated rings. The van der Waals surface area contributed by atoms with Gasteiger partial charge in [-0.25, -0.2) is 9.38 Å². The van der Waals surface area contributed by atoms with Gasteiger partial charge in [0.2, 0.25) is 0 Å². The molecule has 1 heterocycles. The van der Waals surface area contributed by atoms with Crippen molar-refractivity contribution < 1.29 is 9.18 Å². The summed E-state index contributed by atoms with van der Waals surface area (Å²) in [5.74, 6) is -0.946. The van der Waals surface area contributed by atoms with Crippen LogP contribution in [0.15, 0.2) is 17.1 Å². The Labute approximate surface area is 72.0 Å². The highest BCUT2D eigenvalue weighted by Crippen LogP contribution is 2.04. The molecule has 2 nitrogen and oxygen atoms in total. The third-order valence-electron chi connectivity index (χ3n) is 1.57. The van der Waals surface area contributed by atoms with Gasteiger partial charge in [0.15, 0.2) is 0 Å². The van der Waals surface area contributed by atoms with Gasteiger partial charge in [0.25, 0.3) is 5.91 Å². The first-order valence-corrected chi connectivity index (χ1v) is 3.64. The van der Waals surface area contributed by atoms with Gasteiger partial charge in [0, 0.05) is 16.3 Å². The predicted molar refractivity (Wildman–Crippen MR) is 41.7 cm³/mol. The van der Waals surface area contributed by atoms with E-state index in [1.807, 2.05) is 0 Å². The summed E-state index contributed by atoms with van der Waals surface area (Å²) >= 11 is 5.55. The molecule has 2 rings (SSSR count). The molecule has 0 aromatic heterocycles. The Morgan fingerprint density at radius 3 is 2.92 bits per heavy atom. The van der Waals surface area contributed by atoms with Crippen LogP contribution in [0, 0.1) is 5.82 Å². The fourth-order valence-corrected chi connectivity index (χ4v) is 1.28. The fourth-order valence-electron chi connectivity index (χ4n) is 1.08. The maximum absolute atomic E-state index is 13.0. The largest absolute Gasteiger partial charge is 0.271 e. The maximum atomic E-state index is 13.0. The molecule has 0 N–H and O–H groups in total. The standard InChI is InChI=1S/C8H3ClFNO/c9-4-1-6(10)5-3-8(12)11-7(5)2-4/h1-3H.